The van der Waals surface area contributed by atoms with Gasteiger partial charge in [-0.15, -0.1) is 0 Å². The largest absolute Gasteiger partial charge is 0.337 e. The van der Waals surface area contributed by atoms with Crippen LogP contribution in [0.15, 0.2) is 24.3 Å². The van der Waals surface area contributed by atoms with Crippen LogP contribution in [0.3, 0.4) is 0 Å². The molecule has 0 atom stereocenters. The molecule has 0 aliphatic carbocycles. The number of benzene rings is 1. The van der Waals surface area contributed by atoms with Gasteiger partial charge in [0.2, 0.25) is 0 Å². The zero-order valence-corrected chi connectivity index (χ0v) is 11.4. The van der Waals surface area contributed by atoms with E-state index in [0.29, 0.717) is 13.1 Å². The van der Waals surface area contributed by atoms with Gasteiger partial charge in [-0.05, 0) is 37.4 Å². The van der Waals surface area contributed by atoms with E-state index in [2.05, 4.69) is 24.5 Å². The van der Waals surface area contributed by atoms with Crippen molar-refractivity contribution in [2.75, 3.05) is 18.4 Å². The minimum absolute atomic E-state index is 0.0271. The summed E-state index contributed by atoms with van der Waals surface area (Å²) in [6.45, 7) is 7.44. The molecule has 18 heavy (non-hydrogen) atoms. The highest BCUT2D eigenvalue weighted by atomic mass is 16.2. The number of carbonyl (C=O) groups is 1. The quantitative estimate of drug-likeness (QED) is 0.750. The van der Waals surface area contributed by atoms with E-state index in [1.165, 1.54) is 5.56 Å². The van der Waals surface area contributed by atoms with Crippen molar-refractivity contribution < 1.29 is 4.79 Å². The van der Waals surface area contributed by atoms with E-state index >= 15 is 0 Å². The summed E-state index contributed by atoms with van der Waals surface area (Å²) >= 11 is 0. The SMILES string of the molecule is Cc1ccc(NC(=O)NCC(C)(C)CCN)cc1. The van der Waals surface area contributed by atoms with E-state index < -0.39 is 0 Å². The second kappa shape index (κ2) is 6.40. The molecule has 0 saturated carbocycles. The number of urea groups is 1. The molecule has 0 bridgehead atoms. The van der Waals surface area contributed by atoms with Crippen LogP contribution in [0.1, 0.15) is 25.8 Å². The van der Waals surface area contributed by atoms with Gasteiger partial charge < -0.3 is 16.4 Å². The zero-order valence-electron chi connectivity index (χ0n) is 11.4. The van der Waals surface area contributed by atoms with E-state index in [4.69, 9.17) is 5.73 Å². The predicted octanol–water partition coefficient (Wildman–Crippen LogP) is 2.49. The minimum Gasteiger partial charge on any atom is -0.337 e. The Balaban J connectivity index is 2.40. The molecule has 4 nitrogen and oxygen atoms in total. The fourth-order valence-electron chi connectivity index (χ4n) is 1.61. The molecule has 0 heterocycles. The van der Waals surface area contributed by atoms with Crippen molar-refractivity contribution in [2.45, 2.75) is 27.2 Å². The molecular formula is C14H23N3O. The van der Waals surface area contributed by atoms with E-state index in [1.54, 1.807) is 0 Å². The Morgan fingerprint density at radius 3 is 2.44 bits per heavy atom. The van der Waals surface area contributed by atoms with E-state index in [9.17, 15) is 4.79 Å². The lowest BCUT2D eigenvalue weighted by Gasteiger charge is -2.24. The molecule has 1 rings (SSSR count). The van der Waals surface area contributed by atoms with Crippen LogP contribution in [0.4, 0.5) is 10.5 Å². The van der Waals surface area contributed by atoms with Crippen molar-refractivity contribution in [1.82, 2.24) is 5.32 Å². The molecule has 0 spiro atoms. The Labute approximate surface area is 109 Å². The van der Waals surface area contributed by atoms with Gasteiger partial charge in [-0.2, -0.15) is 0 Å². The maximum Gasteiger partial charge on any atom is 0.319 e. The van der Waals surface area contributed by atoms with Crippen LogP contribution in [-0.4, -0.2) is 19.1 Å². The lowest BCUT2D eigenvalue weighted by atomic mass is 9.89. The lowest BCUT2D eigenvalue weighted by Crippen LogP contribution is -2.37. The van der Waals surface area contributed by atoms with Gasteiger partial charge in [0.15, 0.2) is 0 Å². The van der Waals surface area contributed by atoms with E-state index in [-0.39, 0.29) is 11.4 Å². The predicted molar refractivity (Wildman–Crippen MR) is 75.7 cm³/mol. The summed E-state index contributed by atoms with van der Waals surface area (Å²) in [5.41, 5.74) is 7.53. The minimum atomic E-state index is -0.177. The summed E-state index contributed by atoms with van der Waals surface area (Å²) in [6, 6.07) is 7.53. The average Bonchev–Trinajstić information content (AvgIpc) is 2.30. The van der Waals surface area contributed by atoms with Crippen LogP contribution in [0.2, 0.25) is 0 Å². The lowest BCUT2D eigenvalue weighted by molar-refractivity contribution is 0.243. The highest BCUT2D eigenvalue weighted by molar-refractivity contribution is 5.89. The van der Waals surface area contributed by atoms with Crippen LogP contribution < -0.4 is 16.4 Å². The molecule has 0 fully saturated rings. The highest BCUT2D eigenvalue weighted by Gasteiger charge is 2.17. The molecule has 2 amide bonds. The van der Waals surface area contributed by atoms with Gasteiger partial charge in [-0.25, -0.2) is 4.79 Å². The van der Waals surface area contributed by atoms with Crippen molar-refractivity contribution in [2.24, 2.45) is 11.1 Å². The zero-order chi connectivity index (χ0) is 13.6. The van der Waals surface area contributed by atoms with Crippen molar-refractivity contribution in [3.8, 4) is 0 Å². The molecule has 1 aromatic carbocycles. The van der Waals surface area contributed by atoms with Gasteiger partial charge in [0.1, 0.15) is 0 Å². The standard InChI is InChI=1S/C14H23N3O/c1-11-4-6-12(7-5-11)17-13(18)16-10-14(2,3)8-9-15/h4-7H,8-10,15H2,1-3H3,(H2,16,17,18). The summed E-state index contributed by atoms with van der Waals surface area (Å²) in [5.74, 6) is 0. The number of hydrogen-bond acceptors (Lipinski definition) is 2. The van der Waals surface area contributed by atoms with Crippen molar-refractivity contribution in [3.63, 3.8) is 0 Å². The number of nitrogens with two attached hydrogens (primary N) is 1. The van der Waals surface area contributed by atoms with Crippen molar-refractivity contribution in [1.29, 1.82) is 0 Å². The molecule has 4 N–H and O–H groups in total. The Kier molecular flexibility index (Phi) is 5.16. The maximum absolute atomic E-state index is 11.7. The smallest absolute Gasteiger partial charge is 0.319 e. The molecule has 0 aliphatic rings. The molecular weight excluding hydrogens is 226 g/mol. The van der Waals surface area contributed by atoms with Crippen LogP contribution in [0, 0.1) is 12.3 Å². The first-order chi connectivity index (χ1) is 8.43. The number of nitrogens with one attached hydrogen (secondary N) is 2. The van der Waals surface area contributed by atoms with Crippen LogP contribution in [0.25, 0.3) is 0 Å². The third kappa shape index (κ3) is 5.19. The summed E-state index contributed by atoms with van der Waals surface area (Å²) in [6.07, 6.45) is 0.887. The summed E-state index contributed by atoms with van der Waals surface area (Å²) in [5, 5.41) is 5.67. The van der Waals surface area contributed by atoms with Crippen LogP contribution >= 0.6 is 0 Å². The van der Waals surface area contributed by atoms with Gasteiger partial charge in [0.25, 0.3) is 0 Å². The molecule has 100 valence electrons. The van der Waals surface area contributed by atoms with Gasteiger partial charge in [-0.3, -0.25) is 0 Å². The molecule has 0 radical (unpaired) electrons. The fourth-order valence-corrected chi connectivity index (χ4v) is 1.61. The number of amides is 2. The summed E-state index contributed by atoms with van der Waals surface area (Å²) in [7, 11) is 0. The Bertz CT molecular complexity index is 385. The Morgan fingerprint density at radius 1 is 1.28 bits per heavy atom. The number of aryl methyl sites for hydroxylation is 1. The van der Waals surface area contributed by atoms with Crippen LogP contribution in [-0.2, 0) is 0 Å². The second-order valence-corrected chi connectivity index (χ2v) is 5.38. The topological polar surface area (TPSA) is 67.2 Å². The molecule has 0 aliphatic heterocycles. The van der Waals surface area contributed by atoms with Gasteiger partial charge in [-0.1, -0.05) is 31.5 Å². The molecule has 0 unspecified atom stereocenters. The van der Waals surface area contributed by atoms with Gasteiger partial charge in [0, 0.05) is 12.2 Å². The van der Waals surface area contributed by atoms with E-state index in [1.807, 2.05) is 31.2 Å². The number of rotatable bonds is 5. The summed E-state index contributed by atoms with van der Waals surface area (Å²) < 4.78 is 0. The maximum atomic E-state index is 11.7. The first kappa shape index (κ1) is 14.5. The monoisotopic (exact) mass is 249 g/mol. The molecule has 4 heteroatoms. The van der Waals surface area contributed by atoms with Crippen molar-refractivity contribution >= 4 is 11.7 Å². The van der Waals surface area contributed by atoms with Gasteiger partial charge in [0.05, 0.1) is 0 Å². The number of anilines is 1. The Morgan fingerprint density at radius 2 is 1.89 bits per heavy atom. The van der Waals surface area contributed by atoms with Crippen molar-refractivity contribution in [3.05, 3.63) is 29.8 Å². The normalized spacial score (nSPS) is 11.1. The summed E-state index contributed by atoms with van der Waals surface area (Å²) in [4.78, 5) is 11.7. The third-order valence-electron chi connectivity index (χ3n) is 2.86. The molecule has 0 saturated heterocycles. The van der Waals surface area contributed by atoms with Crippen LogP contribution in [0.5, 0.6) is 0 Å². The van der Waals surface area contributed by atoms with E-state index in [0.717, 1.165) is 12.1 Å². The first-order valence-electron chi connectivity index (χ1n) is 6.24. The highest BCUT2D eigenvalue weighted by Crippen LogP contribution is 2.17. The number of hydrogen-bond donors (Lipinski definition) is 3. The fraction of sp³-hybridized carbons (Fsp3) is 0.500. The Hall–Kier alpha value is -1.55. The first-order valence-corrected chi connectivity index (χ1v) is 6.24. The molecule has 0 aromatic heterocycles. The second-order valence-electron chi connectivity index (χ2n) is 5.38. The molecule has 1 aromatic rings. The third-order valence-corrected chi connectivity index (χ3v) is 2.86. The average molecular weight is 249 g/mol. The van der Waals surface area contributed by atoms with Gasteiger partial charge >= 0.3 is 6.03 Å². The number of carbonyl (C=O) groups excluding carboxylic acids is 1.